The summed E-state index contributed by atoms with van der Waals surface area (Å²) in [6.45, 7) is 6.80. The minimum atomic E-state index is -3.34. The Balaban J connectivity index is 2.04. The van der Waals surface area contributed by atoms with Gasteiger partial charge in [0.15, 0.2) is 0 Å². The number of thiophene rings is 1. The molecule has 1 aliphatic rings. The molecule has 1 fully saturated rings. The third-order valence-corrected chi connectivity index (χ3v) is 5.71. The molecular weight excluding hydrogens is 268 g/mol. The van der Waals surface area contributed by atoms with E-state index in [1.807, 2.05) is 6.92 Å². The maximum Gasteiger partial charge on any atom is 0.241 e. The smallest absolute Gasteiger partial charge is 0.241 e. The van der Waals surface area contributed by atoms with Gasteiger partial charge < -0.3 is 5.32 Å². The Morgan fingerprint density at radius 2 is 2.11 bits per heavy atom. The molecular formula is C12H20N2O2S2. The molecule has 102 valence electrons. The van der Waals surface area contributed by atoms with Crippen molar-refractivity contribution in [3.8, 4) is 0 Å². The van der Waals surface area contributed by atoms with Crippen LogP contribution >= 0.6 is 11.3 Å². The third-order valence-electron chi connectivity index (χ3n) is 3.01. The van der Waals surface area contributed by atoms with Crippen LogP contribution in [0.3, 0.4) is 0 Å². The van der Waals surface area contributed by atoms with Gasteiger partial charge in [0.05, 0.1) is 4.90 Å². The summed E-state index contributed by atoms with van der Waals surface area (Å²) in [5, 5.41) is 5.00. The lowest BCUT2D eigenvalue weighted by Gasteiger charge is -2.10. The Bertz CT molecular complexity index is 516. The highest BCUT2D eigenvalue weighted by molar-refractivity contribution is 7.89. The summed E-state index contributed by atoms with van der Waals surface area (Å²) in [5.41, 5.74) is -0.211. The highest BCUT2D eigenvalue weighted by Crippen LogP contribution is 2.36. The molecule has 0 radical (unpaired) electrons. The van der Waals surface area contributed by atoms with E-state index in [0.717, 1.165) is 24.3 Å². The van der Waals surface area contributed by atoms with E-state index >= 15 is 0 Å². The van der Waals surface area contributed by atoms with Crippen molar-refractivity contribution in [3.63, 3.8) is 0 Å². The van der Waals surface area contributed by atoms with Crippen molar-refractivity contribution in [2.75, 3.05) is 0 Å². The average molecular weight is 288 g/mol. The lowest BCUT2D eigenvalue weighted by atomic mass is 10.4. The Morgan fingerprint density at radius 3 is 2.67 bits per heavy atom. The number of rotatable bonds is 6. The van der Waals surface area contributed by atoms with Crippen molar-refractivity contribution in [1.29, 1.82) is 0 Å². The minimum Gasteiger partial charge on any atom is -0.310 e. The molecule has 1 heterocycles. The second-order valence-corrected chi connectivity index (χ2v) is 8.13. The number of nitrogens with one attached hydrogen (secondary N) is 2. The molecule has 1 aromatic rings. The second kappa shape index (κ2) is 4.92. The van der Waals surface area contributed by atoms with E-state index in [1.54, 1.807) is 11.4 Å². The van der Waals surface area contributed by atoms with Gasteiger partial charge in [-0.15, -0.1) is 11.3 Å². The van der Waals surface area contributed by atoms with Crippen LogP contribution in [0, 0.1) is 0 Å². The molecule has 0 aliphatic heterocycles. The maximum atomic E-state index is 12.1. The van der Waals surface area contributed by atoms with Crippen LogP contribution in [0.2, 0.25) is 0 Å². The van der Waals surface area contributed by atoms with Gasteiger partial charge >= 0.3 is 0 Å². The molecule has 0 spiro atoms. The molecule has 18 heavy (non-hydrogen) atoms. The van der Waals surface area contributed by atoms with Crippen LogP contribution in [-0.4, -0.2) is 20.0 Å². The van der Waals surface area contributed by atoms with Crippen molar-refractivity contribution >= 4 is 21.4 Å². The molecule has 0 aromatic carbocycles. The molecule has 2 rings (SSSR count). The van der Waals surface area contributed by atoms with Crippen LogP contribution in [0.15, 0.2) is 16.3 Å². The van der Waals surface area contributed by atoms with Crippen LogP contribution < -0.4 is 10.0 Å². The van der Waals surface area contributed by atoms with Gasteiger partial charge in [-0.05, 0) is 25.8 Å². The average Bonchev–Trinajstić information content (AvgIpc) is 2.81. The molecule has 6 heteroatoms. The lowest BCUT2D eigenvalue weighted by Crippen LogP contribution is -2.33. The fourth-order valence-corrected chi connectivity index (χ4v) is 4.26. The zero-order chi connectivity index (χ0) is 13.4. The van der Waals surface area contributed by atoms with Crippen molar-refractivity contribution in [1.82, 2.24) is 10.0 Å². The van der Waals surface area contributed by atoms with Gasteiger partial charge in [-0.1, -0.05) is 13.8 Å². The van der Waals surface area contributed by atoms with Gasteiger partial charge in [0.25, 0.3) is 0 Å². The molecule has 0 unspecified atom stereocenters. The van der Waals surface area contributed by atoms with Gasteiger partial charge in [-0.3, -0.25) is 0 Å². The third kappa shape index (κ3) is 3.54. The van der Waals surface area contributed by atoms with Crippen LogP contribution in [0.25, 0.3) is 0 Å². The maximum absolute atomic E-state index is 12.1. The molecule has 0 bridgehead atoms. The molecule has 4 nitrogen and oxygen atoms in total. The number of sulfonamides is 1. The Hall–Kier alpha value is -0.430. The SMILES string of the molecule is CC(C)NCc1cc(S(=O)(=O)NC2(C)CC2)cs1. The zero-order valence-electron chi connectivity index (χ0n) is 11.0. The Kier molecular flexibility index (Phi) is 3.82. The largest absolute Gasteiger partial charge is 0.310 e. The van der Waals surface area contributed by atoms with E-state index in [-0.39, 0.29) is 5.54 Å². The normalized spacial score (nSPS) is 18.2. The number of hydrogen-bond donors (Lipinski definition) is 2. The Morgan fingerprint density at radius 1 is 1.44 bits per heavy atom. The second-order valence-electron chi connectivity index (χ2n) is 5.45. The van der Waals surface area contributed by atoms with Crippen molar-refractivity contribution < 1.29 is 8.42 Å². The Labute approximate surface area is 113 Å². The highest BCUT2D eigenvalue weighted by atomic mass is 32.2. The first kappa shape index (κ1) is 14.0. The summed E-state index contributed by atoms with van der Waals surface area (Å²) >= 11 is 1.48. The van der Waals surface area contributed by atoms with E-state index in [2.05, 4.69) is 23.9 Å². The van der Waals surface area contributed by atoms with Crippen LogP contribution in [0.4, 0.5) is 0 Å². The van der Waals surface area contributed by atoms with Crippen molar-refractivity contribution in [2.45, 2.75) is 56.6 Å². The van der Waals surface area contributed by atoms with Crippen molar-refractivity contribution in [3.05, 3.63) is 16.3 Å². The van der Waals surface area contributed by atoms with Crippen LogP contribution in [-0.2, 0) is 16.6 Å². The predicted octanol–water partition coefficient (Wildman–Crippen LogP) is 2.08. The molecule has 0 saturated heterocycles. The standard InChI is InChI=1S/C12H20N2O2S2/c1-9(2)13-7-10-6-11(8-17-10)18(15,16)14-12(3)4-5-12/h6,8-9,13-14H,4-5,7H2,1-3H3. The highest BCUT2D eigenvalue weighted by Gasteiger charge is 2.41. The summed E-state index contributed by atoms with van der Waals surface area (Å²) < 4.78 is 27.0. The molecule has 1 aromatic heterocycles. The zero-order valence-corrected chi connectivity index (χ0v) is 12.6. The van der Waals surface area contributed by atoms with Crippen molar-refractivity contribution in [2.24, 2.45) is 0 Å². The first-order chi connectivity index (χ1) is 8.31. The fraction of sp³-hybridized carbons (Fsp3) is 0.667. The topological polar surface area (TPSA) is 58.2 Å². The van der Waals surface area contributed by atoms with E-state index in [1.165, 1.54) is 11.3 Å². The van der Waals surface area contributed by atoms with Crippen LogP contribution in [0.5, 0.6) is 0 Å². The summed E-state index contributed by atoms with van der Waals surface area (Å²) in [4.78, 5) is 1.44. The van der Waals surface area contributed by atoms with Gasteiger partial charge in [-0.2, -0.15) is 0 Å². The summed E-state index contributed by atoms with van der Waals surface area (Å²) in [6, 6.07) is 2.16. The summed E-state index contributed by atoms with van der Waals surface area (Å²) in [6.07, 6.45) is 1.86. The molecule has 2 N–H and O–H groups in total. The molecule has 0 amide bonds. The van der Waals surface area contributed by atoms with E-state index in [9.17, 15) is 8.42 Å². The first-order valence-corrected chi connectivity index (χ1v) is 8.52. The van der Waals surface area contributed by atoms with Gasteiger partial charge in [0, 0.05) is 28.4 Å². The summed E-state index contributed by atoms with van der Waals surface area (Å²) in [7, 11) is -3.34. The number of hydrogen-bond acceptors (Lipinski definition) is 4. The fourth-order valence-electron chi connectivity index (χ4n) is 1.57. The first-order valence-electron chi connectivity index (χ1n) is 6.16. The van der Waals surface area contributed by atoms with E-state index in [0.29, 0.717) is 10.9 Å². The van der Waals surface area contributed by atoms with Crippen LogP contribution in [0.1, 0.15) is 38.5 Å². The van der Waals surface area contributed by atoms with Gasteiger partial charge in [0.1, 0.15) is 0 Å². The molecule has 0 atom stereocenters. The molecule has 1 saturated carbocycles. The molecule has 1 aliphatic carbocycles. The lowest BCUT2D eigenvalue weighted by molar-refractivity contribution is 0.558. The van der Waals surface area contributed by atoms with E-state index < -0.39 is 10.0 Å². The quantitative estimate of drug-likeness (QED) is 0.842. The van der Waals surface area contributed by atoms with Gasteiger partial charge in [0.2, 0.25) is 10.0 Å². The predicted molar refractivity (Wildman–Crippen MR) is 74.3 cm³/mol. The van der Waals surface area contributed by atoms with Gasteiger partial charge in [-0.25, -0.2) is 13.1 Å². The minimum absolute atomic E-state index is 0.211. The van der Waals surface area contributed by atoms with E-state index in [4.69, 9.17) is 0 Å². The monoisotopic (exact) mass is 288 g/mol. The summed E-state index contributed by atoms with van der Waals surface area (Å²) in [5.74, 6) is 0.